The fourth-order valence-corrected chi connectivity index (χ4v) is 16.0. The Morgan fingerprint density at radius 2 is 0.446 bits per heavy atom. The molecule has 0 saturated heterocycles. The van der Waals surface area contributed by atoms with Crippen LogP contribution in [0.4, 0.5) is 0 Å². The Hall–Kier alpha value is -11.8. The lowest BCUT2D eigenvalue weighted by Crippen LogP contribution is -2.34. The Labute approximate surface area is 535 Å². The molecule has 16 aromatic carbocycles. The molecule has 0 saturated carbocycles. The average molecular weight is 1170 g/mol. The summed E-state index contributed by atoms with van der Waals surface area (Å²) < 4.78 is 15.0. The molecule has 2 nitrogen and oxygen atoms in total. The molecule has 0 bridgehead atoms. The number of fused-ring (bicyclic) bond motifs is 8. The molecule has 2 aliphatic rings. The van der Waals surface area contributed by atoms with Crippen LogP contribution in [0.5, 0.6) is 23.0 Å². The largest absolute Gasteiger partial charge is 0.456 e. The lowest BCUT2D eigenvalue weighted by Gasteiger charge is -2.42. The summed E-state index contributed by atoms with van der Waals surface area (Å²) in [6.45, 7) is 0. The minimum atomic E-state index is -0.715. The van der Waals surface area contributed by atoms with E-state index in [0.29, 0.717) is 0 Å². The van der Waals surface area contributed by atoms with E-state index in [1.807, 2.05) is 0 Å². The van der Waals surface area contributed by atoms with Crippen molar-refractivity contribution in [1.29, 1.82) is 0 Å². The standard InChI is InChI=1S/C90H58O2/c1-7-29-59(30-8-1)65-41-23-45-69-75(65)57-76-66(60-31-9-2-10-32-60)42-24-46-70(76)85(69)86-71-47-25-43-67(73-49-27-53-81-87(73)91-83-55-21-19-51-79(83)89(81,61-33-11-3-12-34-61)62-35-13-4-14-36-62)77(71)58-78-68(44-26-48-72(78)86)74-50-28-54-82-88(74)92-84-56-22-20-52-80(84)90(82,63-37-15-5-16-38-63)64-39-17-6-18-40-64/h1-58H. The van der Waals surface area contributed by atoms with E-state index < -0.39 is 10.8 Å². The lowest BCUT2D eigenvalue weighted by molar-refractivity contribution is 0.436. The second-order valence-corrected chi connectivity index (χ2v) is 24.4. The van der Waals surface area contributed by atoms with Crippen LogP contribution < -0.4 is 9.47 Å². The van der Waals surface area contributed by atoms with E-state index in [1.54, 1.807) is 0 Å². The van der Waals surface area contributed by atoms with Crippen molar-refractivity contribution >= 4 is 43.1 Å². The van der Waals surface area contributed by atoms with Gasteiger partial charge in [0, 0.05) is 33.4 Å². The van der Waals surface area contributed by atoms with Crippen LogP contribution in [0.25, 0.3) is 98.7 Å². The van der Waals surface area contributed by atoms with E-state index in [0.717, 1.165) is 94.6 Å². The number of hydrogen-bond donors (Lipinski definition) is 0. The van der Waals surface area contributed by atoms with Crippen LogP contribution in [0.2, 0.25) is 0 Å². The number of benzene rings is 16. The SMILES string of the molecule is c1ccc(-c2cccc3c(-c4c5cccc(-c6cccc7c6Oc6ccccc6C7(c6ccccc6)c6ccccc6)c5cc5c(-c6cccc7c6Oc6ccccc6C7(c6ccccc6)c6ccccc6)cccc45)c4cccc(-c5ccccc5)c4cc23)cc1. The molecule has 430 valence electrons. The molecule has 2 heteroatoms. The predicted octanol–water partition coefficient (Wildman–Crippen LogP) is 23.6. The molecule has 0 amide bonds. The smallest absolute Gasteiger partial charge is 0.140 e. The Balaban J connectivity index is 0.992. The highest BCUT2D eigenvalue weighted by molar-refractivity contribution is 6.28. The zero-order valence-electron chi connectivity index (χ0n) is 50.3. The number of ether oxygens (including phenoxy) is 2. The van der Waals surface area contributed by atoms with Gasteiger partial charge in [0.1, 0.15) is 23.0 Å². The topological polar surface area (TPSA) is 18.5 Å². The molecule has 0 N–H and O–H groups in total. The van der Waals surface area contributed by atoms with Crippen molar-refractivity contribution in [2.24, 2.45) is 0 Å². The minimum Gasteiger partial charge on any atom is -0.456 e. The molecular weight excluding hydrogens is 1110 g/mol. The van der Waals surface area contributed by atoms with Crippen molar-refractivity contribution in [3.63, 3.8) is 0 Å². The van der Waals surface area contributed by atoms with E-state index in [9.17, 15) is 0 Å². The van der Waals surface area contributed by atoms with Gasteiger partial charge in [0.2, 0.25) is 0 Å². The molecule has 18 rings (SSSR count). The third kappa shape index (κ3) is 7.94. The summed E-state index contributed by atoms with van der Waals surface area (Å²) in [7, 11) is 0. The Kier molecular flexibility index (Phi) is 12.4. The zero-order chi connectivity index (χ0) is 60.7. The number of rotatable bonds is 9. The van der Waals surface area contributed by atoms with Crippen molar-refractivity contribution < 1.29 is 9.47 Å². The van der Waals surface area contributed by atoms with Gasteiger partial charge in [0.05, 0.1) is 10.8 Å². The first kappa shape index (κ1) is 53.2. The van der Waals surface area contributed by atoms with Gasteiger partial charge < -0.3 is 9.47 Å². The van der Waals surface area contributed by atoms with E-state index >= 15 is 0 Å². The monoisotopic (exact) mass is 1170 g/mol. The van der Waals surface area contributed by atoms with Crippen LogP contribution in [0.15, 0.2) is 352 Å². The summed E-state index contributed by atoms with van der Waals surface area (Å²) in [6, 6.07) is 129. The quantitative estimate of drug-likeness (QED) is 0.134. The summed E-state index contributed by atoms with van der Waals surface area (Å²) >= 11 is 0. The van der Waals surface area contributed by atoms with Gasteiger partial charge in [-0.2, -0.15) is 0 Å². The highest BCUT2D eigenvalue weighted by Crippen LogP contribution is 2.61. The van der Waals surface area contributed by atoms with Crippen LogP contribution in [0.3, 0.4) is 0 Å². The zero-order valence-corrected chi connectivity index (χ0v) is 50.3. The molecule has 0 atom stereocenters. The van der Waals surface area contributed by atoms with Crippen molar-refractivity contribution in [2.45, 2.75) is 10.8 Å². The fourth-order valence-electron chi connectivity index (χ4n) is 16.0. The summed E-state index contributed by atoms with van der Waals surface area (Å²) in [4.78, 5) is 0. The van der Waals surface area contributed by atoms with Gasteiger partial charge in [-0.15, -0.1) is 0 Å². The predicted molar refractivity (Wildman–Crippen MR) is 380 cm³/mol. The van der Waals surface area contributed by atoms with Gasteiger partial charge >= 0.3 is 0 Å². The van der Waals surface area contributed by atoms with Crippen molar-refractivity contribution in [1.82, 2.24) is 0 Å². The Bertz CT molecular complexity index is 5130. The molecule has 2 heterocycles. The van der Waals surface area contributed by atoms with Crippen LogP contribution in [0, 0.1) is 0 Å². The van der Waals surface area contributed by atoms with Crippen LogP contribution in [0.1, 0.15) is 44.5 Å². The third-order valence-corrected chi connectivity index (χ3v) is 19.8. The van der Waals surface area contributed by atoms with Gasteiger partial charge in [-0.1, -0.05) is 328 Å². The molecule has 0 aromatic heterocycles. The molecule has 0 fully saturated rings. The van der Waals surface area contributed by atoms with E-state index in [-0.39, 0.29) is 0 Å². The molecule has 92 heavy (non-hydrogen) atoms. The van der Waals surface area contributed by atoms with Gasteiger partial charge in [0.15, 0.2) is 0 Å². The molecule has 16 aromatic rings. The first-order valence-electron chi connectivity index (χ1n) is 31.8. The fraction of sp³-hybridized carbons (Fsp3) is 0.0222. The maximum Gasteiger partial charge on any atom is 0.140 e. The van der Waals surface area contributed by atoms with Crippen molar-refractivity contribution in [3.05, 3.63) is 396 Å². The lowest BCUT2D eigenvalue weighted by atomic mass is 9.63. The normalized spacial score (nSPS) is 13.3. The first-order chi connectivity index (χ1) is 45.7. The molecule has 2 aliphatic heterocycles. The first-order valence-corrected chi connectivity index (χ1v) is 31.8. The number of para-hydroxylation sites is 4. The van der Waals surface area contributed by atoms with Crippen molar-refractivity contribution in [3.8, 4) is 78.6 Å². The summed E-state index contributed by atoms with van der Waals surface area (Å²) in [5, 5.41) is 9.20. The van der Waals surface area contributed by atoms with Crippen LogP contribution >= 0.6 is 0 Å². The van der Waals surface area contributed by atoms with Gasteiger partial charge in [-0.3, -0.25) is 0 Å². The average Bonchev–Trinajstić information content (AvgIpc) is 0.754. The van der Waals surface area contributed by atoms with Crippen molar-refractivity contribution in [2.75, 3.05) is 0 Å². The third-order valence-electron chi connectivity index (χ3n) is 19.8. The molecule has 0 aliphatic carbocycles. The van der Waals surface area contributed by atoms with Gasteiger partial charge in [-0.05, 0) is 134 Å². The maximum absolute atomic E-state index is 7.50. The second kappa shape index (κ2) is 21.4. The van der Waals surface area contributed by atoms with Gasteiger partial charge in [0.25, 0.3) is 0 Å². The molecule has 0 radical (unpaired) electrons. The maximum atomic E-state index is 7.50. The summed E-state index contributed by atoms with van der Waals surface area (Å²) in [6.07, 6.45) is 0. The highest BCUT2D eigenvalue weighted by atomic mass is 16.5. The number of hydrogen-bond acceptors (Lipinski definition) is 2. The van der Waals surface area contributed by atoms with Gasteiger partial charge in [-0.25, -0.2) is 0 Å². The van der Waals surface area contributed by atoms with E-state index in [1.165, 1.54) is 71.6 Å². The van der Waals surface area contributed by atoms with Crippen LogP contribution in [-0.2, 0) is 10.8 Å². The van der Waals surface area contributed by atoms with E-state index in [4.69, 9.17) is 9.47 Å². The summed E-state index contributed by atoms with van der Waals surface area (Å²) in [5.41, 5.74) is 18.8. The van der Waals surface area contributed by atoms with Crippen LogP contribution in [-0.4, -0.2) is 0 Å². The molecule has 0 spiro atoms. The summed E-state index contributed by atoms with van der Waals surface area (Å²) in [5.74, 6) is 3.33. The highest BCUT2D eigenvalue weighted by Gasteiger charge is 2.48. The second-order valence-electron chi connectivity index (χ2n) is 24.4. The van der Waals surface area contributed by atoms with E-state index in [2.05, 4.69) is 352 Å². The minimum absolute atomic E-state index is 0.715. The molecule has 0 unspecified atom stereocenters. The molecular formula is C90H58O2. The Morgan fingerprint density at radius 3 is 0.793 bits per heavy atom. The Morgan fingerprint density at radius 1 is 0.185 bits per heavy atom.